The summed E-state index contributed by atoms with van der Waals surface area (Å²) in [6.07, 6.45) is -8.47. The SMILES string of the molecule is CO[C@H]1OC(CO)[C@@H](O)C(O)C1C(O)[C@H]1NCC(O)C1O. The van der Waals surface area contributed by atoms with Crippen LogP contribution in [0.5, 0.6) is 0 Å². The van der Waals surface area contributed by atoms with E-state index in [4.69, 9.17) is 14.6 Å². The maximum Gasteiger partial charge on any atom is 0.165 e. The Balaban J connectivity index is 2.15. The molecule has 9 heteroatoms. The fraction of sp³-hybridized carbons (Fsp3) is 1.00. The molecule has 0 spiro atoms. The molecule has 0 aromatic heterocycles. The highest BCUT2D eigenvalue weighted by atomic mass is 16.7. The minimum atomic E-state index is -1.41. The Hall–Kier alpha value is -0.360. The van der Waals surface area contributed by atoms with Crippen LogP contribution in [0.25, 0.3) is 0 Å². The van der Waals surface area contributed by atoms with E-state index < -0.39 is 61.5 Å². The molecule has 2 aliphatic rings. The molecule has 2 saturated heterocycles. The summed E-state index contributed by atoms with van der Waals surface area (Å²) >= 11 is 0. The molecule has 0 saturated carbocycles. The van der Waals surface area contributed by atoms with Crippen LogP contribution in [0.4, 0.5) is 0 Å². The highest BCUT2D eigenvalue weighted by Gasteiger charge is 2.51. The Morgan fingerprint density at radius 2 is 1.86 bits per heavy atom. The maximum atomic E-state index is 10.4. The van der Waals surface area contributed by atoms with Gasteiger partial charge in [0.25, 0.3) is 0 Å². The van der Waals surface area contributed by atoms with Gasteiger partial charge in [-0.15, -0.1) is 0 Å². The predicted molar refractivity (Wildman–Crippen MR) is 68.1 cm³/mol. The van der Waals surface area contributed by atoms with E-state index in [9.17, 15) is 25.5 Å². The van der Waals surface area contributed by atoms with Crippen molar-refractivity contribution in [2.75, 3.05) is 20.3 Å². The lowest BCUT2D eigenvalue weighted by Crippen LogP contribution is -2.62. The number of hydrogen-bond donors (Lipinski definition) is 7. The summed E-state index contributed by atoms with van der Waals surface area (Å²) in [6, 6.07) is -0.890. The van der Waals surface area contributed by atoms with Gasteiger partial charge in [-0.1, -0.05) is 0 Å². The minimum Gasteiger partial charge on any atom is -0.394 e. The van der Waals surface area contributed by atoms with E-state index in [0.717, 1.165) is 0 Å². The van der Waals surface area contributed by atoms with Crippen molar-refractivity contribution in [2.24, 2.45) is 5.92 Å². The first kappa shape index (κ1) is 17.0. The Bertz CT molecular complexity index is 343. The molecule has 2 fully saturated rings. The largest absolute Gasteiger partial charge is 0.394 e. The third-order valence-electron chi connectivity index (χ3n) is 4.25. The molecule has 124 valence electrons. The number of aliphatic hydroxyl groups excluding tert-OH is 6. The van der Waals surface area contributed by atoms with Crippen molar-refractivity contribution in [1.29, 1.82) is 0 Å². The molecular formula is C12H23NO8. The summed E-state index contributed by atoms with van der Waals surface area (Å²) in [6.45, 7) is -0.407. The fourth-order valence-corrected chi connectivity index (χ4v) is 2.98. The molecule has 0 aromatic carbocycles. The number of nitrogens with one attached hydrogen (secondary N) is 1. The topological polar surface area (TPSA) is 152 Å². The van der Waals surface area contributed by atoms with Gasteiger partial charge in [-0.05, 0) is 0 Å². The van der Waals surface area contributed by atoms with Crippen molar-refractivity contribution >= 4 is 0 Å². The van der Waals surface area contributed by atoms with Crippen LogP contribution < -0.4 is 5.32 Å². The summed E-state index contributed by atoms with van der Waals surface area (Å²) in [5.74, 6) is -1.05. The first-order valence-electron chi connectivity index (χ1n) is 6.85. The second-order valence-corrected chi connectivity index (χ2v) is 5.50. The average Bonchev–Trinajstić information content (AvgIpc) is 2.81. The normalized spacial score (nSPS) is 49.3. The maximum absolute atomic E-state index is 10.4. The van der Waals surface area contributed by atoms with Crippen molar-refractivity contribution in [1.82, 2.24) is 5.32 Å². The zero-order chi connectivity index (χ0) is 15.7. The molecule has 0 aromatic rings. The van der Waals surface area contributed by atoms with Crippen LogP contribution >= 0.6 is 0 Å². The third kappa shape index (κ3) is 3.07. The second kappa shape index (κ2) is 6.82. The van der Waals surface area contributed by atoms with Gasteiger partial charge in [-0.2, -0.15) is 0 Å². The van der Waals surface area contributed by atoms with Gasteiger partial charge in [0.15, 0.2) is 6.29 Å². The average molecular weight is 309 g/mol. The standard InChI is InChI=1S/C12H23NO8/c1-20-12-6(11(19)9(17)5(3-14)21-12)10(18)7-8(16)4(15)2-13-7/h4-19H,2-3H2,1H3/t4?,5?,6?,7-,8?,9+,10?,11?,12-/m0/s1. The van der Waals surface area contributed by atoms with Crippen molar-refractivity contribution in [3.05, 3.63) is 0 Å². The summed E-state index contributed by atoms with van der Waals surface area (Å²) in [5.41, 5.74) is 0. The smallest absolute Gasteiger partial charge is 0.165 e. The molecule has 0 radical (unpaired) electrons. The van der Waals surface area contributed by atoms with E-state index in [1.54, 1.807) is 0 Å². The van der Waals surface area contributed by atoms with Crippen LogP contribution in [0.2, 0.25) is 0 Å². The summed E-state index contributed by atoms with van der Waals surface area (Å²) in [4.78, 5) is 0. The molecular weight excluding hydrogens is 286 g/mol. The van der Waals surface area contributed by atoms with Crippen LogP contribution in [0.15, 0.2) is 0 Å². The summed E-state index contributed by atoms with van der Waals surface area (Å²) in [5, 5.41) is 61.6. The molecule has 0 amide bonds. The molecule has 2 rings (SSSR count). The monoisotopic (exact) mass is 309 g/mol. The first-order valence-corrected chi connectivity index (χ1v) is 6.85. The molecule has 2 heterocycles. The highest BCUT2D eigenvalue weighted by Crippen LogP contribution is 2.32. The van der Waals surface area contributed by atoms with Crippen LogP contribution in [0, 0.1) is 5.92 Å². The Morgan fingerprint density at radius 1 is 1.19 bits per heavy atom. The summed E-state index contributed by atoms with van der Waals surface area (Å²) in [7, 11) is 1.30. The van der Waals surface area contributed by atoms with Gasteiger partial charge in [0.1, 0.15) is 12.2 Å². The second-order valence-electron chi connectivity index (χ2n) is 5.50. The van der Waals surface area contributed by atoms with Gasteiger partial charge in [0.05, 0.1) is 43.0 Å². The molecule has 21 heavy (non-hydrogen) atoms. The van der Waals surface area contributed by atoms with Gasteiger partial charge in [-0.3, -0.25) is 0 Å². The molecule has 9 atom stereocenters. The van der Waals surface area contributed by atoms with Crippen LogP contribution in [0.1, 0.15) is 0 Å². The number of aliphatic hydroxyl groups is 6. The molecule has 6 unspecified atom stereocenters. The molecule has 0 aliphatic carbocycles. The first-order chi connectivity index (χ1) is 9.92. The predicted octanol–water partition coefficient (Wildman–Crippen LogP) is -4.26. The van der Waals surface area contributed by atoms with Crippen LogP contribution in [-0.2, 0) is 9.47 Å². The number of rotatable bonds is 4. The highest BCUT2D eigenvalue weighted by molar-refractivity contribution is 5.01. The Morgan fingerprint density at radius 3 is 2.33 bits per heavy atom. The zero-order valence-corrected chi connectivity index (χ0v) is 11.6. The Labute approximate surface area is 121 Å². The van der Waals surface area contributed by atoms with Gasteiger partial charge in [-0.25, -0.2) is 0 Å². The number of methoxy groups -OCH3 is 1. The lowest BCUT2D eigenvalue weighted by Gasteiger charge is -2.44. The van der Waals surface area contributed by atoms with E-state index in [-0.39, 0.29) is 6.54 Å². The molecule has 2 aliphatic heterocycles. The van der Waals surface area contributed by atoms with Gasteiger partial charge in [0.2, 0.25) is 0 Å². The lowest BCUT2D eigenvalue weighted by molar-refractivity contribution is -0.295. The minimum absolute atomic E-state index is 0.103. The van der Waals surface area contributed by atoms with Gasteiger partial charge < -0.3 is 45.4 Å². The van der Waals surface area contributed by atoms with E-state index >= 15 is 0 Å². The molecule has 0 bridgehead atoms. The number of hydrogen-bond acceptors (Lipinski definition) is 9. The zero-order valence-electron chi connectivity index (χ0n) is 11.6. The number of β-amino-alcohol motifs (C(OH)–C–C–N with tert-alkyl or cyclic N) is 1. The number of ether oxygens (including phenoxy) is 2. The van der Waals surface area contributed by atoms with Gasteiger partial charge >= 0.3 is 0 Å². The van der Waals surface area contributed by atoms with Crippen molar-refractivity contribution in [3.8, 4) is 0 Å². The van der Waals surface area contributed by atoms with Crippen LogP contribution in [0.3, 0.4) is 0 Å². The molecule has 9 nitrogen and oxygen atoms in total. The third-order valence-corrected chi connectivity index (χ3v) is 4.25. The van der Waals surface area contributed by atoms with Crippen molar-refractivity contribution < 1.29 is 40.1 Å². The lowest BCUT2D eigenvalue weighted by atomic mass is 9.82. The Kier molecular flexibility index (Phi) is 5.52. The summed E-state index contributed by atoms with van der Waals surface area (Å²) < 4.78 is 10.4. The van der Waals surface area contributed by atoms with Crippen molar-refractivity contribution in [2.45, 2.75) is 49.0 Å². The fourth-order valence-electron chi connectivity index (χ4n) is 2.98. The van der Waals surface area contributed by atoms with Crippen molar-refractivity contribution in [3.63, 3.8) is 0 Å². The van der Waals surface area contributed by atoms with Crippen LogP contribution in [-0.4, -0.2) is 99.9 Å². The van der Waals surface area contributed by atoms with E-state index in [2.05, 4.69) is 5.32 Å². The molecule has 7 N–H and O–H groups in total. The van der Waals surface area contributed by atoms with E-state index in [1.165, 1.54) is 7.11 Å². The van der Waals surface area contributed by atoms with Gasteiger partial charge in [0, 0.05) is 13.7 Å². The van der Waals surface area contributed by atoms with E-state index in [1.807, 2.05) is 0 Å². The van der Waals surface area contributed by atoms with E-state index in [0.29, 0.717) is 0 Å². The quantitative estimate of drug-likeness (QED) is 0.274.